The summed E-state index contributed by atoms with van der Waals surface area (Å²) in [6, 6.07) is 0. The van der Waals surface area contributed by atoms with Crippen LogP contribution in [0.2, 0.25) is 4.13 Å². The smallest absolute Gasteiger partial charge is 0.147 e. The largest absolute Gasteiger partial charge is 0.147 e. The van der Waals surface area contributed by atoms with Crippen molar-refractivity contribution in [1.29, 1.82) is 0 Å². The van der Waals surface area contributed by atoms with Crippen molar-refractivity contribution in [3.8, 4) is 0 Å². The molecule has 2 aliphatic carbocycles. The Labute approximate surface area is 179 Å². The summed E-state index contributed by atoms with van der Waals surface area (Å²) in [6.07, 6.45) is 1.18. The molecule has 0 bridgehead atoms. The molecule has 0 aromatic carbocycles. The van der Waals surface area contributed by atoms with Gasteiger partial charge in [0.15, 0.2) is 0 Å². The summed E-state index contributed by atoms with van der Waals surface area (Å²) in [4.78, 5) is 0. The standard InChI is InChI=1S/2C9H13.C3H7.3ClH.H2Si.Zr/c2*1-6-5-7(2)9(4)8(6)3;1-3-2;;;;;/h2*6H,1-4H3;1,3H2,2H3;3*1H;1H2;/q;;;;;;;+1/p-1. The normalized spacial score (nSPS) is 24.4. The fourth-order valence-electron chi connectivity index (χ4n) is 5.52. The molecule has 5 heteroatoms. The Balaban J connectivity index is 0.00000312. The Morgan fingerprint density at radius 2 is 1.08 bits per heavy atom. The van der Waals surface area contributed by atoms with Gasteiger partial charge >= 0.3 is 156 Å². The van der Waals surface area contributed by atoms with Gasteiger partial charge in [0, 0.05) is 0 Å². The molecule has 26 heavy (non-hydrogen) atoms. The van der Waals surface area contributed by atoms with Crippen LogP contribution in [0.15, 0.2) is 40.0 Å². The Morgan fingerprint density at radius 1 is 0.769 bits per heavy atom. The van der Waals surface area contributed by atoms with Gasteiger partial charge in [0.1, 0.15) is 0 Å². The minimum Gasteiger partial charge on any atom is -0.147 e. The van der Waals surface area contributed by atoms with Gasteiger partial charge in [0.25, 0.3) is 0 Å². The molecule has 0 aromatic rings. The molecule has 2 unspecified atom stereocenters. The zero-order valence-electron chi connectivity index (χ0n) is 18.0. The van der Waals surface area contributed by atoms with Gasteiger partial charge in [0.2, 0.25) is 0 Å². The third-order valence-electron chi connectivity index (χ3n) is 7.29. The first kappa shape index (κ1) is 26.9. The van der Waals surface area contributed by atoms with E-state index in [2.05, 4.69) is 69.2 Å². The van der Waals surface area contributed by atoms with E-state index in [4.69, 9.17) is 8.51 Å². The molecule has 150 valence electrons. The van der Waals surface area contributed by atoms with Crippen molar-refractivity contribution in [2.45, 2.75) is 72.9 Å². The predicted octanol–water partition coefficient (Wildman–Crippen LogP) is 7.57. The van der Waals surface area contributed by atoms with Gasteiger partial charge in [-0.15, -0.1) is 24.8 Å². The van der Waals surface area contributed by atoms with Crippen LogP contribution in [0.25, 0.3) is 0 Å². The summed E-state index contributed by atoms with van der Waals surface area (Å²) >= 11 is -3.75. The number of allylic oxidation sites excluding steroid dienone is 8. The van der Waals surface area contributed by atoms with E-state index in [9.17, 15) is 0 Å². The van der Waals surface area contributed by atoms with Crippen molar-refractivity contribution >= 4 is 40.2 Å². The Hall–Kier alpha value is 0.930. The van der Waals surface area contributed by atoms with Gasteiger partial charge < -0.3 is 0 Å². The summed E-state index contributed by atoms with van der Waals surface area (Å²) in [5.41, 5.74) is 9.09. The van der Waals surface area contributed by atoms with Crippen LogP contribution >= 0.6 is 33.3 Å². The van der Waals surface area contributed by atoms with Gasteiger partial charge in [-0.3, -0.25) is 0 Å². The van der Waals surface area contributed by atoms with Crippen LogP contribution in [0, 0.1) is 11.8 Å². The SMILES string of the molecule is CC[CH2][Zr](=[SiH2])([Cl])([C]1=C(C)C(C)=C(C)C1C)[C]1=C(C)C(C)=C(C)C1C.Cl.Cl. The predicted molar refractivity (Wildman–Crippen MR) is 124 cm³/mol. The summed E-state index contributed by atoms with van der Waals surface area (Å²) in [5.74, 6) is 1.04. The van der Waals surface area contributed by atoms with Crippen LogP contribution in [-0.4, -0.2) is 6.88 Å². The minimum absolute atomic E-state index is 0. The molecule has 0 heterocycles. The number of hydrogen-bond acceptors (Lipinski definition) is 0. The first-order chi connectivity index (χ1) is 10.9. The molecule has 0 spiro atoms. The molecule has 2 aliphatic rings. The molecule has 0 aromatic heterocycles. The second-order valence-electron chi connectivity index (χ2n) is 8.43. The minimum atomic E-state index is -3.75. The maximum absolute atomic E-state index is 8.00. The van der Waals surface area contributed by atoms with Crippen LogP contribution in [0.5, 0.6) is 0 Å². The van der Waals surface area contributed by atoms with E-state index < -0.39 is 16.2 Å². The van der Waals surface area contributed by atoms with Crippen LogP contribution in [0.4, 0.5) is 0 Å². The maximum Gasteiger partial charge on any atom is -0.147 e. The topological polar surface area (TPSA) is 0 Å². The van der Waals surface area contributed by atoms with Crippen molar-refractivity contribution in [1.82, 2.24) is 0 Å². The van der Waals surface area contributed by atoms with Gasteiger partial charge in [-0.1, -0.05) is 0 Å². The van der Waals surface area contributed by atoms with E-state index in [1.54, 1.807) is 6.56 Å². The summed E-state index contributed by atoms with van der Waals surface area (Å²) in [6.45, 7) is 23.2. The molecule has 0 amide bonds. The molecule has 0 N–H and O–H groups in total. The first-order valence-corrected chi connectivity index (χ1v) is 22.7. The Morgan fingerprint density at radius 3 is 1.27 bits per heavy atom. The maximum atomic E-state index is 8.00. The average molecular weight is 515 g/mol. The number of hydrogen-bond donors (Lipinski definition) is 0. The van der Waals surface area contributed by atoms with E-state index >= 15 is 0 Å². The second-order valence-corrected chi connectivity index (χ2v) is 37.1. The molecule has 0 nitrogen and oxygen atoms in total. The fourth-order valence-corrected chi connectivity index (χ4v) is 34.8. The Bertz CT molecular complexity index is 740. The molecule has 0 saturated carbocycles. The van der Waals surface area contributed by atoms with Crippen molar-refractivity contribution < 1.29 is 16.2 Å². The monoisotopic (exact) mass is 512 g/mol. The van der Waals surface area contributed by atoms with E-state index in [1.807, 2.05) is 0 Å². The Kier molecular flexibility index (Phi) is 9.06. The summed E-state index contributed by atoms with van der Waals surface area (Å²) in [5, 5.41) is 0. The van der Waals surface area contributed by atoms with Gasteiger partial charge in [-0.25, -0.2) is 0 Å². The molecule has 0 fully saturated rings. The third kappa shape index (κ3) is 3.72. The zero-order valence-corrected chi connectivity index (χ0v) is 24.2. The van der Waals surface area contributed by atoms with Gasteiger partial charge in [0.05, 0.1) is 0 Å². The molecule has 0 saturated heterocycles. The van der Waals surface area contributed by atoms with E-state index in [0.29, 0.717) is 11.8 Å². The van der Waals surface area contributed by atoms with Gasteiger partial charge in [-0.05, 0) is 0 Å². The quantitative estimate of drug-likeness (QED) is 0.339. The second kappa shape index (κ2) is 8.74. The molecular weight excluding hydrogens is 478 g/mol. The van der Waals surface area contributed by atoms with Gasteiger partial charge in [-0.2, -0.15) is 0 Å². The average Bonchev–Trinajstić information content (AvgIpc) is 2.81. The molecule has 0 radical (unpaired) electrons. The fraction of sp³-hybridized carbons (Fsp3) is 0.619. The van der Waals surface area contributed by atoms with E-state index in [-0.39, 0.29) is 24.8 Å². The van der Waals surface area contributed by atoms with Crippen LogP contribution in [-0.2, 0) is 16.2 Å². The van der Waals surface area contributed by atoms with E-state index in [1.165, 1.54) is 44.0 Å². The number of halogens is 3. The van der Waals surface area contributed by atoms with Crippen molar-refractivity contribution in [2.24, 2.45) is 11.8 Å². The summed E-state index contributed by atoms with van der Waals surface area (Å²) in [7, 11) is 8.00. The zero-order chi connectivity index (χ0) is 18.6. The van der Waals surface area contributed by atoms with Crippen LogP contribution in [0.1, 0.15) is 68.7 Å². The van der Waals surface area contributed by atoms with E-state index in [0.717, 1.165) is 0 Å². The molecule has 2 rings (SSSR count). The van der Waals surface area contributed by atoms with Crippen LogP contribution in [0.3, 0.4) is 0 Å². The third-order valence-corrected chi connectivity index (χ3v) is 31.2. The molecule has 2 atom stereocenters. The van der Waals surface area contributed by atoms with Crippen molar-refractivity contribution in [3.63, 3.8) is 0 Å². The van der Waals surface area contributed by atoms with Crippen molar-refractivity contribution in [3.05, 3.63) is 40.0 Å². The first-order valence-electron chi connectivity index (χ1n) is 9.41. The van der Waals surface area contributed by atoms with Crippen LogP contribution < -0.4 is 0 Å². The molecular formula is C21H37Cl3SiZr. The molecule has 0 aliphatic heterocycles. The van der Waals surface area contributed by atoms with Crippen molar-refractivity contribution in [2.75, 3.05) is 0 Å². The number of rotatable bonds is 4. The summed E-state index contributed by atoms with van der Waals surface area (Å²) < 4.78 is 4.53.